The molecule has 0 fully saturated rings. The van der Waals surface area contributed by atoms with Crippen molar-refractivity contribution in [2.24, 2.45) is 0 Å². The normalized spacial score (nSPS) is 11.8. The summed E-state index contributed by atoms with van der Waals surface area (Å²) >= 11 is 1.48. The van der Waals surface area contributed by atoms with Crippen LogP contribution < -0.4 is 5.32 Å². The highest BCUT2D eigenvalue weighted by Crippen LogP contribution is 2.12. The Balaban J connectivity index is 1.86. The minimum absolute atomic E-state index is 0.0758. The molecule has 0 saturated carbocycles. The Kier molecular flexibility index (Phi) is 5.27. The summed E-state index contributed by atoms with van der Waals surface area (Å²) in [6.45, 7) is 5.36. The SMILES string of the molecule is Cc1cccc(NC(=O)C(C)OC(=O)Cc2csc(C)n2)c1. The zero-order chi connectivity index (χ0) is 16.1. The van der Waals surface area contributed by atoms with Crippen LogP contribution in [0, 0.1) is 13.8 Å². The summed E-state index contributed by atoms with van der Waals surface area (Å²) in [7, 11) is 0. The van der Waals surface area contributed by atoms with Crippen LogP contribution in [0.15, 0.2) is 29.6 Å². The summed E-state index contributed by atoms with van der Waals surface area (Å²) in [6, 6.07) is 7.43. The molecule has 116 valence electrons. The maximum atomic E-state index is 12.0. The Morgan fingerprint density at radius 2 is 2.14 bits per heavy atom. The number of anilines is 1. The van der Waals surface area contributed by atoms with E-state index in [0.717, 1.165) is 10.6 Å². The van der Waals surface area contributed by atoms with Crippen LogP contribution >= 0.6 is 11.3 Å². The molecule has 1 aromatic heterocycles. The van der Waals surface area contributed by atoms with Crippen LogP contribution in [-0.4, -0.2) is 23.0 Å². The van der Waals surface area contributed by atoms with Gasteiger partial charge in [0.2, 0.25) is 0 Å². The van der Waals surface area contributed by atoms with Crippen molar-refractivity contribution in [3.63, 3.8) is 0 Å². The van der Waals surface area contributed by atoms with E-state index in [1.807, 2.05) is 37.4 Å². The van der Waals surface area contributed by atoms with Gasteiger partial charge in [-0.05, 0) is 38.5 Å². The first-order valence-electron chi connectivity index (χ1n) is 6.92. The number of aryl methyl sites for hydroxylation is 2. The summed E-state index contributed by atoms with van der Waals surface area (Å²) < 4.78 is 5.14. The van der Waals surface area contributed by atoms with Gasteiger partial charge in [-0.25, -0.2) is 4.98 Å². The number of carbonyl (C=O) groups is 2. The first kappa shape index (κ1) is 16.2. The predicted molar refractivity (Wildman–Crippen MR) is 85.9 cm³/mol. The number of aromatic nitrogens is 1. The Hall–Kier alpha value is -2.21. The van der Waals surface area contributed by atoms with E-state index in [2.05, 4.69) is 10.3 Å². The standard InChI is InChI=1S/C16H18N2O3S/c1-10-5-4-6-13(7-10)18-16(20)11(2)21-15(19)8-14-9-22-12(3)17-14/h4-7,9,11H,8H2,1-3H3,(H,18,20). The second kappa shape index (κ2) is 7.17. The van der Waals surface area contributed by atoms with Crippen molar-refractivity contribution in [1.29, 1.82) is 0 Å². The lowest BCUT2D eigenvalue weighted by Crippen LogP contribution is -2.30. The molecule has 1 atom stereocenters. The van der Waals surface area contributed by atoms with Gasteiger partial charge in [0.15, 0.2) is 6.10 Å². The van der Waals surface area contributed by atoms with Gasteiger partial charge < -0.3 is 10.1 Å². The molecule has 22 heavy (non-hydrogen) atoms. The van der Waals surface area contributed by atoms with Gasteiger partial charge in [0, 0.05) is 11.1 Å². The van der Waals surface area contributed by atoms with E-state index in [9.17, 15) is 9.59 Å². The lowest BCUT2D eigenvalue weighted by atomic mass is 10.2. The van der Waals surface area contributed by atoms with E-state index in [1.165, 1.54) is 11.3 Å². The van der Waals surface area contributed by atoms with E-state index in [0.29, 0.717) is 11.4 Å². The topological polar surface area (TPSA) is 68.3 Å². The monoisotopic (exact) mass is 318 g/mol. The molecule has 1 heterocycles. The number of esters is 1. The lowest BCUT2D eigenvalue weighted by molar-refractivity contribution is -0.152. The van der Waals surface area contributed by atoms with Crippen LogP contribution in [-0.2, 0) is 20.7 Å². The number of benzene rings is 1. The van der Waals surface area contributed by atoms with Crippen molar-refractivity contribution in [1.82, 2.24) is 4.98 Å². The van der Waals surface area contributed by atoms with Crippen molar-refractivity contribution < 1.29 is 14.3 Å². The fourth-order valence-corrected chi connectivity index (χ4v) is 2.51. The minimum atomic E-state index is -0.854. The number of ether oxygens (including phenoxy) is 1. The highest BCUT2D eigenvalue weighted by Gasteiger charge is 2.18. The molecule has 0 bridgehead atoms. The summed E-state index contributed by atoms with van der Waals surface area (Å²) in [5.74, 6) is -0.814. The average molecular weight is 318 g/mol. The number of hydrogen-bond donors (Lipinski definition) is 1. The molecule has 1 unspecified atom stereocenters. The zero-order valence-corrected chi connectivity index (χ0v) is 13.6. The van der Waals surface area contributed by atoms with E-state index in [1.54, 1.807) is 13.0 Å². The second-order valence-corrected chi connectivity index (χ2v) is 6.09. The highest BCUT2D eigenvalue weighted by molar-refractivity contribution is 7.09. The van der Waals surface area contributed by atoms with Gasteiger partial charge in [-0.15, -0.1) is 11.3 Å². The van der Waals surface area contributed by atoms with Crippen LogP contribution in [0.25, 0.3) is 0 Å². The van der Waals surface area contributed by atoms with Gasteiger partial charge in [0.25, 0.3) is 5.91 Å². The molecule has 0 aliphatic heterocycles. The largest absolute Gasteiger partial charge is 0.452 e. The number of carbonyl (C=O) groups excluding carboxylic acids is 2. The van der Waals surface area contributed by atoms with Gasteiger partial charge >= 0.3 is 5.97 Å². The van der Waals surface area contributed by atoms with E-state index < -0.39 is 12.1 Å². The number of nitrogens with zero attached hydrogens (tertiary/aromatic N) is 1. The molecule has 0 saturated heterocycles. The fourth-order valence-electron chi connectivity index (χ4n) is 1.90. The first-order chi connectivity index (χ1) is 10.4. The third kappa shape index (κ3) is 4.66. The van der Waals surface area contributed by atoms with Gasteiger partial charge in [0.1, 0.15) is 0 Å². The Labute approximate surface area is 133 Å². The molecule has 0 aliphatic rings. The molecule has 0 radical (unpaired) electrons. The van der Waals surface area contributed by atoms with Crippen LogP contribution in [0.3, 0.4) is 0 Å². The first-order valence-corrected chi connectivity index (χ1v) is 7.80. The van der Waals surface area contributed by atoms with E-state index >= 15 is 0 Å². The Morgan fingerprint density at radius 3 is 2.77 bits per heavy atom. The predicted octanol–water partition coefficient (Wildman–Crippen LogP) is 2.87. The van der Waals surface area contributed by atoms with Gasteiger partial charge in [-0.2, -0.15) is 0 Å². The molecule has 0 spiro atoms. The average Bonchev–Trinajstić information content (AvgIpc) is 2.83. The van der Waals surface area contributed by atoms with Crippen LogP contribution in [0.5, 0.6) is 0 Å². The van der Waals surface area contributed by atoms with Crippen molar-refractivity contribution in [3.05, 3.63) is 45.9 Å². The van der Waals surface area contributed by atoms with Crippen molar-refractivity contribution in [2.75, 3.05) is 5.32 Å². The Morgan fingerprint density at radius 1 is 1.36 bits per heavy atom. The lowest BCUT2D eigenvalue weighted by Gasteiger charge is -2.13. The number of thiazole rings is 1. The third-order valence-corrected chi connectivity index (χ3v) is 3.78. The molecule has 0 aliphatic carbocycles. The summed E-state index contributed by atoms with van der Waals surface area (Å²) in [5, 5.41) is 5.44. The van der Waals surface area contributed by atoms with Crippen LogP contribution in [0.1, 0.15) is 23.2 Å². The smallest absolute Gasteiger partial charge is 0.312 e. The molecule has 5 nitrogen and oxygen atoms in total. The molecule has 1 amide bonds. The molecular formula is C16H18N2O3S. The van der Waals surface area contributed by atoms with Gasteiger partial charge in [-0.1, -0.05) is 12.1 Å². The van der Waals surface area contributed by atoms with Crippen LogP contribution in [0.4, 0.5) is 5.69 Å². The van der Waals surface area contributed by atoms with Crippen molar-refractivity contribution in [2.45, 2.75) is 33.3 Å². The number of hydrogen-bond acceptors (Lipinski definition) is 5. The number of amides is 1. The van der Waals surface area contributed by atoms with Crippen molar-refractivity contribution in [3.8, 4) is 0 Å². The second-order valence-electron chi connectivity index (χ2n) is 5.03. The fraction of sp³-hybridized carbons (Fsp3) is 0.312. The quantitative estimate of drug-likeness (QED) is 0.861. The minimum Gasteiger partial charge on any atom is -0.452 e. The molecule has 1 N–H and O–H groups in total. The van der Waals surface area contributed by atoms with Gasteiger partial charge in [0.05, 0.1) is 17.1 Å². The maximum absolute atomic E-state index is 12.0. The molecule has 2 rings (SSSR count). The van der Waals surface area contributed by atoms with Crippen LogP contribution in [0.2, 0.25) is 0 Å². The third-order valence-electron chi connectivity index (χ3n) is 2.96. The zero-order valence-electron chi connectivity index (χ0n) is 12.8. The molecular weight excluding hydrogens is 300 g/mol. The number of nitrogens with one attached hydrogen (secondary N) is 1. The van der Waals surface area contributed by atoms with E-state index in [-0.39, 0.29) is 12.3 Å². The number of rotatable bonds is 5. The van der Waals surface area contributed by atoms with Gasteiger partial charge in [-0.3, -0.25) is 9.59 Å². The molecule has 6 heteroatoms. The summed E-state index contributed by atoms with van der Waals surface area (Å²) in [5.41, 5.74) is 2.39. The molecule has 1 aromatic carbocycles. The Bertz CT molecular complexity index is 682. The maximum Gasteiger partial charge on any atom is 0.312 e. The summed E-state index contributed by atoms with van der Waals surface area (Å²) in [4.78, 5) is 28.0. The molecule has 2 aromatic rings. The van der Waals surface area contributed by atoms with E-state index in [4.69, 9.17) is 4.74 Å². The highest BCUT2D eigenvalue weighted by atomic mass is 32.1. The van der Waals surface area contributed by atoms with Crippen molar-refractivity contribution >= 4 is 28.9 Å². The summed E-state index contributed by atoms with van der Waals surface area (Å²) in [6.07, 6.45) is -0.778.